The summed E-state index contributed by atoms with van der Waals surface area (Å²) in [7, 11) is 0. The predicted octanol–water partition coefficient (Wildman–Crippen LogP) is -1.24. The van der Waals surface area contributed by atoms with Crippen molar-refractivity contribution in [3.8, 4) is 5.75 Å². The van der Waals surface area contributed by atoms with Gasteiger partial charge in [0, 0.05) is 0 Å². The van der Waals surface area contributed by atoms with E-state index in [9.17, 15) is 30.6 Å². The molecular weight excluding hydrogens is 412 g/mol. The lowest BCUT2D eigenvalue weighted by atomic mass is 9.98. The van der Waals surface area contributed by atoms with Crippen molar-refractivity contribution >= 4 is 0 Å². The van der Waals surface area contributed by atoms with Crippen LogP contribution in [0.1, 0.15) is 30.9 Å². The third-order valence-corrected chi connectivity index (χ3v) is 5.71. The van der Waals surface area contributed by atoms with Gasteiger partial charge in [-0.3, -0.25) is 0 Å². The summed E-state index contributed by atoms with van der Waals surface area (Å²) in [5.41, 5.74) is -0.0225. The molecule has 31 heavy (non-hydrogen) atoms. The quantitative estimate of drug-likeness (QED) is 0.300. The maximum absolute atomic E-state index is 10.4. The highest BCUT2D eigenvalue weighted by Crippen LogP contribution is 2.32. The summed E-state index contributed by atoms with van der Waals surface area (Å²) >= 11 is 0. The first-order valence-electron chi connectivity index (χ1n) is 10.3. The number of ether oxygens (including phenoxy) is 4. The van der Waals surface area contributed by atoms with E-state index >= 15 is 0 Å². The van der Waals surface area contributed by atoms with Crippen molar-refractivity contribution in [2.75, 3.05) is 19.8 Å². The lowest BCUT2D eigenvalue weighted by molar-refractivity contribution is -0.289. The molecule has 10 heteroatoms. The Morgan fingerprint density at radius 1 is 1.10 bits per heavy atom. The molecule has 0 amide bonds. The molecule has 0 aromatic heterocycles. The zero-order valence-corrected chi connectivity index (χ0v) is 17.8. The van der Waals surface area contributed by atoms with E-state index in [1.807, 2.05) is 32.9 Å². The van der Waals surface area contributed by atoms with Crippen molar-refractivity contribution in [2.24, 2.45) is 0 Å². The average molecular weight is 444 g/mol. The predicted molar refractivity (Wildman–Crippen MR) is 106 cm³/mol. The van der Waals surface area contributed by atoms with Crippen molar-refractivity contribution in [1.29, 1.82) is 0 Å². The van der Waals surface area contributed by atoms with Crippen LogP contribution < -0.4 is 4.74 Å². The third-order valence-electron chi connectivity index (χ3n) is 5.71. The van der Waals surface area contributed by atoms with Crippen LogP contribution in [0.4, 0.5) is 0 Å². The van der Waals surface area contributed by atoms with Gasteiger partial charge >= 0.3 is 0 Å². The van der Waals surface area contributed by atoms with Crippen LogP contribution in [0.25, 0.3) is 0 Å². The van der Waals surface area contributed by atoms with E-state index in [-0.39, 0.29) is 19.1 Å². The first kappa shape index (κ1) is 24.3. The molecule has 2 fully saturated rings. The Bertz CT molecular complexity index is 743. The van der Waals surface area contributed by atoms with E-state index in [4.69, 9.17) is 18.9 Å². The minimum atomic E-state index is -1.85. The number of rotatable bonds is 7. The molecule has 10 nitrogen and oxygen atoms in total. The summed E-state index contributed by atoms with van der Waals surface area (Å²) in [4.78, 5) is 0. The molecule has 3 rings (SSSR count). The van der Waals surface area contributed by atoms with Crippen molar-refractivity contribution in [3.63, 3.8) is 0 Å². The zero-order chi connectivity index (χ0) is 22.9. The Morgan fingerprint density at radius 3 is 2.42 bits per heavy atom. The Balaban J connectivity index is 1.69. The van der Waals surface area contributed by atoms with Gasteiger partial charge in [0.1, 0.15) is 41.9 Å². The number of benzene rings is 1. The number of hydrogen-bond acceptors (Lipinski definition) is 10. The minimum absolute atomic E-state index is 0.136. The van der Waals surface area contributed by atoms with Crippen LogP contribution in [-0.4, -0.2) is 99.2 Å². The molecule has 0 radical (unpaired) electrons. The summed E-state index contributed by atoms with van der Waals surface area (Å²) in [5.74, 6) is 0.627. The molecule has 6 N–H and O–H groups in total. The summed E-state index contributed by atoms with van der Waals surface area (Å²) in [6.07, 6.45) is -9.75. The second-order valence-electron chi connectivity index (χ2n) is 8.55. The van der Waals surface area contributed by atoms with Gasteiger partial charge in [0.2, 0.25) is 6.29 Å². The van der Waals surface area contributed by atoms with Crippen molar-refractivity contribution < 1.29 is 49.6 Å². The van der Waals surface area contributed by atoms with Gasteiger partial charge in [-0.05, 0) is 30.0 Å². The van der Waals surface area contributed by atoms with Gasteiger partial charge in [0.05, 0.1) is 19.8 Å². The van der Waals surface area contributed by atoms with Crippen LogP contribution in [0.15, 0.2) is 18.2 Å². The number of aryl methyl sites for hydroxylation is 1. The lowest BCUT2D eigenvalue weighted by Crippen LogP contribution is -2.60. The fourth-order valence-corrected chi connectivity index (χ4v) is 3.62. The van der Waals surface area contributed by atoms with Crippen molar-refractivity contribution in [1.82, 2.24) is 0 Å². The third kappa shape index (κ3) is 5.03. The maximum Gasteiger partial charge on any atom is 0.229 e. The number of hydrogen-bond donors (Lipinski definition) is 6. The first-order valence-corrected chi connectivity index (χ1v) is 10.3. The first-order chi connectivity index (χ1) is 14.6. The highest BCUT2D eigenvalue weighted by molar-refractivity contribution is 5.39. The van der Waals surface area contributed by atoms with E-state index in [2.05, 4.69) is 0 Å². The zero-order valence-electron chi connectivity index (χ0n) is 17.8. The summed E-state index contributed by atoms with van der Waals surface area (Å²) in [6.45, 7) is 4.49. The molecule has 2 aliphatic heterocycles. The van der Waals surface area contributed by atoms with E-state index < -0.39 is 55.3 Å². The highest BCUT2D eigenvalue weighted by atomic mass is 16.7. The fraction of sp³-hybridized carbons (Fsp3) is 0.714. The van der Waals surface area contributed by atoms with Gasteiger partial charge in [-0.2, -0.15) is 0 Å². The number of aliphatic hydroxyl groups excluding tert-OH is 5. The van der Waals surface area contributed by atoms with Gasteiger partial charge in [-0.1, -0.05) is 26.0 Å². The molecule has 0 unspecified atom stereocenters. The molecule has 0 aliphatic carbocycles. The Labute approximate surface area is 180 Å². The van der Waals surface area contributed by atoms with Gasteiger partial charge in [0.25, 0.3) is 0 Å². The van der Waals surface area contributed by atoms with Gasteiger partial charge in [-0.25, -0.2) is 0 Å². The molecular formula is C21H32O10. The maximum atomic E-state index is 10.4. The molecule has 2 aliphatic rings. The van der Waals surface area contributed by atoms with E-state index in [1.54, 1.807) is 6.07 Å². The Hall–Kier alpha value is -1.34. The number of aliphatic hydroxyl groups is 6. The van der Waals surface area contributed by atoms with Crippen LogP contribution >= 0.6 is 0 Å². The van der Waals surface area contributed by atoms with Gasteiger partial charge in [0.15, 0.2) is 6.29 Å². The topological polar surface area (TPSA) is 158 Å². The van der Waals surface area contributed by atoms with Crippen molar-refractivity contribution in [2.45, 2.75) is 75.4 Å². The van der Waals surface area contributed by atoms with Crippen LogP contribution in [0.3, 0.4) is 0 Å². The molecule has 1 aromatic rings. The van der Waals surface area contributed by atoms with Crippen LogP contribution in [0.5, 0.6) is 5.75 Å². The molecule has 8 atom stereocenters. The Morgan fingerprint density at radius 2 is 1.81 bits per heavy atom. The lowest BCUT2D eigenvalue weighted by Gasteiger charge is -2.40. The molecule has 2 saturated heterocycles. The van der Waals surface area contributed by atoms with Crippen LogP contribution in [0, 0.1) is 6.92 Å². The van der Waals surface area contributed by atoms with E-state index in [0.29, 0.717) is 5.75 Å². The smallest absolute Gasteiger partial charge is 0.229 e. The second-order valence-corrected chi connectivity index (χ2v) is 8.55. The molecule has 1 aromatic carbocycles. The molecule has 176 valence electrons. The standard InChI is InChI=1S/C21H32O10/c1-10(2)12-5-4-11(3)6-13(12)30-19-17(25)16(24)15(23)14(31-19)7-28-20-18(26)21(27,8-22)9-29-20/h4-6,10,14-20,22-27H,7-9H2,1-3H3/t14-,15-,16+,17-,18-,19-,20+,21-/m0/s1. The second kappa shape index (κ2) is 9.65. The molecule has 0 spiro atoms. The normalized spacial score (nSPS) is 38.6. The average Bonchev–Trinajstić information content (AvgIpc) is 3.02. The van der Waals surface area contributed by atoms with Crippen molar-refractivity contribution in [3.05, 3.63) is 29.3 Å². The van der Waals surface area contributed by atoms with Gasteiger partial charge < -0.3 is 49.6 Å². The summed E-state index contributed by atoms with van der Waals surface area (Å²) in [5, 5.41) is 60.3. The minimum Gasteiger partial charge on any atom is -0.462 e. The SMILES string of the molecule is Cc1ccc(C(C)C)c(O[C@H]2O[C@@H](CO[C@@H]3OC[C@@](O)(CO)[C@H]3O)[C@H](O)[C@@H](O)[C@@H]2O)c1. The van der Waals surface area contributed by atoms with E-state index in [0.717, 1.165) is 11.1 Å². The molecule has 0 bridgehead atoms. The highest BCUT2D eigenvalue weighted by Gasteiger charge is 2.50. The summed E-state index contributed by atoms with van der Waals surface area (Å²) in [6, 6.07) is 5.65. The summed E-state index contributed by atoms with van der Waals surface area (Å²) < 4.78 is 22.1. The molecule has 2 heterocycles. The monoisotopic (exact) mass is 444 g/mol. The fourth-order valence-electron chi connectivity index (χ4n) is 3.62. The largest absolute Gasteiger partial charge is 0.462 e. The molecule has 0 saturated carbocycles. The van der Waals surface area contributed by atoms with Crippen LogP contribution in [-0.2, 0) is 14.2 Å². The van der Waals surface area contributed by atoms with Crippen LogP contribution in [0.2, 0.25) is 0 Å². The van der Waals surface area contributed by atoms with E-state index in [1.165, 1.54) is 0 Å². The Kier molecular flexibility index (Phi) is 7.57. The van der Waals surface area contributed by atoms with Gasteiger partial charge in [-0.15, -0.1) is 0 Å².